The van der Waals surface area contributed by atoms with Gasteiger partial charge in [0, 0.05) is 25.5 Å². The van der Waals surface area contributed by atoms with Crippen molar-refractivity contribution in [2.75, 3.05) is 7.05 Å². The minimum absolute atomic E-state index is 0.0427. The highest BCUT2D eigenvalue weighted by Gasteiger charge is 2.03. The Bertz CT molecular complexity index is 510. The molecule has 0 saturated carbocycles. The summed E-state index contributed by atoms with van der Waals surface area (Å²) in [6.07, 6.45) is 1.77. The van der Waals surface area contributed by atoms with Crippen LogP contribution >= 0.6 is 0 Å². The Morgan fingerprint density at radius 3 is 3.07 bits per heavy atom. The molecule has 0 unspecified atom stereocenters. The van der Waals surface area contributed by atoms with E-state index < -0.39 is 0 Å². The second-order valence-corrected chi connectivity index (χ2v) is 3.38. The zero-order valence-electron chi connectivity index (χ0n) is 8.29. The van der Waals surface area contributed by atoms with E-state index >= 15 is 0 Å². The summed E-state index contributed by atoms with van der Waals surface area (Å²) in [7, 11) is 3.64. The lowest BCUT2D eigenvalue weighted by atomic mass is 10.3. The van der Waals surface area contributed by atoms with E-state index in [-0.39, 0.29) is 5.56 Å². The van der Waals surface area contributed by atoms with Gasteiger partial charge in [-0.1, -0.05) is 0 Å². The Hall–Kier alpha value is -1.55. The SMILES string of the molecule is CNCc1cc2c(=O)n(C)ccc2[nH]1. The van der Waals surface area contributed by atoms with Gasteiger partial charge in [-0.25, -0.2) is 0 Å². The van der Waals surface area contributed by atoms with Crippen molar-refractivity contribution in [2.45, 2.75) is 6.54 Å². The number of aryl methyl sites for hydroxylation is 1. The molecule has 2 aromatic heterocycles. The Balaban J connectivity index is 2.65. The number of aromatic amines is 1. The molecule has 0 aliphatic heterocycles. The van der Waals surface area contributed by atoms with Crippen LogP contribution in [0.2, 0.25) is 0 Å². The van der Waals surface area contributed by atoms with Crippen LogP contribution in [0.5, 0.6) is 0 Å². The van der Waals surface area contributed by atoms with Crippen molar-refractivity contribution in [2.24, 2.45) is 7.05 Å². The van der Waals surface area contributed by atoms with Crippen molar-refractivity contribution < 1.29 is 0 Å². The first-order chi connectivity index (χ1) is 6.72. The average Bonchev–Trinajstić information content (AvgIpc) is 2.56. The molecule has 4 nitrogen and oxygen atoms in total. The number of H-pyrrole nitrogens is 1. The van der Waals surface area contributed by atoms with Gasteiger partial charge in [0.25, 0.3) is 5.56 Å². The molecule has 0 saturated heterocycles. The molecule has 2 heterocycles. The molecule has 74 valence electrons. The fraction of sp³-hybridized carbons (Fsp3) is 0.300. The van der Waals surface area contributed by atoms with Crippen LogP contribution in [0.4, 0.5) is 0 Å². The lowest BCUT2D eigenvalue weighted by Gasteiger charge is -1.94. The molecule has 0 aromatic carbocycles. The molecule has 2 aromatic rings. The van der Waals surface area contributed by atoms with Crippen molar-refractivity contribution in [3.8, 4) is 0 Å². The fourth-order valence-corrected chi connectivity index (χ4v) is 1.57. The molecular formula is C10H13N3O. The van der Waals surface area contributed by atoms with Crippen molar-refractivity contribution in [3.05, 3.63) is 34.4 Å². The summed E-state index contributed by atoms with van der Waals surface area (Å²) in [4.78, 5) is 14.9. The molecule has 4 heteroatoms. The second kappa shape index (κ2) is 3.31. The molecule has 0 amide bonds. The van der Waals surface area contributed by atoms with Gasteiger partial charge in [0.1, 0.15) is 0 Å². The summed E-state index contributed by atoms with van der Waals surface area (Å²) in [5.41, 5.74) is 1.98. The maximum absolute atomic E-state index is 11.7. The first-order valence-electron chi connectivity index (χ1n) is 4.54. The molecule has 0 aliphatic rings. The Morgan fingerprint density at radius 1 is 1.57 bits per heavy atom. The summed E-state index contributed by atoms with van der Waals surface area (Å²) in [6.45, 7) is 0.748. The summed E-state index contributed by atoms with van der Waals surface area (Å²) in [6, 6.07) is 3.81. The number of fused-ring (bicyclic) bond motifs is 1. The summed E-state index contributed by atoms with van der Waals surface area (Å²) in [5, 5.41) is 3.79. The summed E-state index contributed by atoms with van der Waals surface area (Å²) in [5.74, 6) is 0. The zero-order chi connectivity index (χ0) is 10.1. The van der Waals surface area contributed by atoms with E-state index in [4.69, 9.17) is 0 Å². The largest absolute Gasteiger partial charge is 0.357 e. The van der Waals surface area contributed by atoms with Crippen molar-refractivity contribution in [3.63, 3.8) is 0 Å². The van der Waals surface area contributed by atoms with Gasteiger partial charge in [-0.2, -0.15) is 0 Å². The lowest BCUT2D eigenvalue weighted by molar-refractivity contribution is 0.800. The Labute approximate surface area is 81.6 Å². The van der Waals surface area contributed by atoms with Crippen molar-refractivity contribution >= 4 is 10.9 Å². The monoisotopic (exact) mass is 191 g/mol. The van der Waals surface area contributed by atoms with Crippen LogP contribution in [-0.4, -0.2) is 16.6 Å². The third-order valence-corrected chi connectivity index (χ3v) is 2.29. The lowest BCUT2D eigenvalue weighted by Crippen LogP contribution is -2.14. The number of hydrogen-bond acceptors (Lipinski definition) is 2. The van der Waals surface area contributed by atoms with Crippen LogP contribution in [0.25, 0.3) is 10.9 Å². The number of nitrogens with one attached hydrogen (secondary N) is 2. The van der Waals surface area contributed by atoms with Gasteiger partial charge in [-0.3, -0.25) is 4.79 Å². The van der Waals surface area contributed by atoms with E-state index in [9.17, 15) is 4.79 Å². The van der Waals surface area contributed by atoms with Crippen molar-refractivity contribution in [1.29, 1.82) is 0 Å². The average molecular weight is 191 g/mol. The highest BCUT2D eigenvalue weighted by atomic mass is 16.1. The molecule has 2 N–H and O–H groups in total. The molecular weight excluding hydrogens is 178 g/mol. The maximum atomic E-state index is 11.7. The summed E-state index contributed by atoms with van der Waals surface area (Å²) < 4.78 is 1.58. The minimum Gasteiger partial charge on any atom is -0.357 e. The van der Waals surface area contributed by atoms with Gasteiger partial charge in [0.2, 0.25) is 0 Å². The number of rotatable bonds is 2. The highest BCUT2D eigenvalue weighted by molar-refractivity contribution is 5.79. The van der Waals surface area contributed by atoms with Crippen LogP contribution in [0.3, 0.4) is 0 Å². The molecule has 0 spiro atoms. The van der Waals surface area contributed by atoms with Crippen LogP contribution in [0.1, 0.15) is 5.69 Å². The van der Waals surface area contributed by atoms with E-state index in [1.54, 1.807) is 17.8 Å². The van der Waals surface area contributed by atoms with E-state index in [0.29, 0.717) is 0 Å². The normalized spacial score (nSPS) is 11.0. The minimum atomic E-state index is 0.0427. The molecule has 0 fully saturated rings. The molecule has 2 rings (SSSR count). The quantitative estimate of drug-likeness (QED) is 0.729. The number of aromatic nitrogens is 2. The highest BCUT2D eigenvalue weighted by Crippen LogP contribution is 2.10. The van der Waals surface area contributed by atoms with E-state index in [1.165, 1.54) is 0 Å². The number of hydrogen-bond donors (Lipinski definition) is 2. The van der Waals surface area contributed by atoms with Crippen molar-refractivity contribution in [1.82, 2.24) is 14.9 Å². The van der Waals surface area contributed by atoms with Gasteiger partial charge in [0.05, 0.1) is 10.9 Å². The second-order valence-electron chi connectivity index (χ2n) is 3.38. The first kappa shape index (κ1) is 9.02. The van der Waals surface area contributed by atoms with Crippen LogP contribution < -0.4 is 10.9 Å². The van der Waals surface area contributed by atoms with Crippen LogP contribution in [0.15, 0.2) is 23.1 Å². The van der Waals surface area contributed by atoms with Gasteiger partial charge in [0.15, 0.2) is 0 Å². The predicted molar refractivity (Wildman–Crippen MR) is 56.3 cm³/mol. The molecule has 0 aliphatic carbocycles. The first-order valence-corrected chi connectivity index (χ1v) is 4.54. The van der Waals surface area contributed by atoms with Gasteiger partial charge < -0.3 is 14.9 Å². The smallest absolute Gasteiger partial charge is 0.259 e. The number of pyridine rings is 1. The topological polar surface area (TPSA) is 49.8 Å². The Kier molecular flexibility index (Phi) is 2.13. The number of nitrogens with zero attached hydrogens (tertiary/aromatic N) is 1. The molecule has 0 bridgehead atoms. The Morgan fingerprint density at radius 2 is 2.36 bits per heavy atom. The standard InChI is InChI=1S/C10H13N3O/c1-11-6-7-5-8-9(12-7)3-4-13(2)10(8)14/h3-5,11-12H,6H2,1-2H3. The fourth-order valence-electron chi connectivity index (χ4n) is 1.57. The molecule has 0 atom stereocenters. The van der Waals surface area contributed by atoms with Crippen LogP contribution in [-0.2, 0) is 13.6 Å². The van der Waals surface area contributed by atoms with E-state index in [1.807, 2.05) is 19.2 Å². The van der Waals surface area contributed by atoms with Gasteiger partial charge in [-0.15, -0.1) is 0 Å². The van der Waals surface area contributed by atoms with Gasteiger partial charge in [-0.05, 0) is 19.2 Å². The molecule has 14 heavy (non-hydrogen) atoms. The zero-order valence-corrected chi connectivity index (χ0v) is 8.29. The summed E-state index contributed by atoms with van der Waals surface area (Å²) >= 11 is 0. The third-order valence-electron chi connectivity index (χ3n) is 2.29. The molecule has 0 radical (unpaired) electrons. The predicted octanol–water partition coefficient (Wildman–Crippen LogP) is 0.586. The van der Waals surface area contributed by atoms with E-state index in [2.05, 4.69) is 10.3 Å². The van der Waals surface area contributed by atoms with Crippen LogP contribution in [0, 0.1) is 0 Å². The van der Waals surface area contributed by atoms with E-state index in [0.717, 1.165) is 23.1 Å². The third kappa shape index (κ3) is 1.33. The van der Waals surface area contributed by atoms with Gasteiger partial charge >= 0.3 is 0 Å². The maximum Gasteiger partial charge on any atom is 0.259 e.